The zero-order chi connectivity index (χ0) is 22.3. The number of amides is 1. The van der Waals surface area contributed by atoms with E-state index in [1.165, 1.54) is 29.2 Å². The summed E-state index contributed by atoms with van der Waals surface area (Å²) in [6.45, 7) is 1.91. The van der Waals surface area contributed by atoms with Gasteiger partial charge in [0, 0.05) is 11.3 Å². The van der Waals surface area contributed by atoms with E-state index in [1.807, 2.05) is 19.1 Å². The first kappa shape index (κ1) is 21.1. The monoisotopic (exact) mass is 455 g/mol. The fourth-order valence-electron chi connectivity index (χ4n) is 3.57. The highest BCUT2D eigenvalue weighted by Gasteiger charge is 2.47. The molecule has 1 atom stereocenters. The van der Waals surface area contributed by atoms with Crippen molar-refractivity contribution in [3.8, 4) is 0 Å². The van der Waals surface area contributed by atoms with Crippen LogP contribution >= 0.6 is 23.2 Å². The van der Waals surface area contributed by atoms with Crippen molar-refractivity contribution >= 4 is 46.3 Å². The van der Waals surface area contributed by atoms with Crippen molar-refractivity contribution in [1.82, 2.24) is 0 Å². The van der Waals surface area contributed by atoms with Crippen LogP contribution in [0.5, 0.6) is 0 Å². The first-order chi connectivity index (χ1) is 14.8. The highest BCUT2D eigenvalue weighted by atomic mass is 35.5. The SMILES string of the molecule is Cc1ccc(N2C(=O)C(=O)/C(=C(\O)c3ccc(F)cc3)C2c2ccc(Cl)c(Cl)c2)cc1. The molecular weight excluding hydrogens is 440 g/mol. The zero-order valence-corrected chi connectivity index (χ0v) is 17.8. The minimum Gasteiger partial charge on any atom is -0.507 e. The lowest BCUT2D eigenvalue weighted by Gasteiger charge is -2.26. The van der Waals surface area contributed by atoms with Crippen molar-refractivity contribution in [2.24, 2.45) is 0 Å². The van der Waals surface area contributed by atoms with Crippen LogP contribution in [0.4, 0.5) is 10.1 Å². The first-order valence-corrected chi connectivity index (χ1v) is 10.1. The molecule has 0 saturated carbocycles. The van der Waals surface area contributed by atoms with Gasteiger partial charge in [-0.25, -0.2) is 4.39 Å². The Morgan fingerprint density at radius 3 is 2.19 bits per heavy atom. The minimum atomic E-state index is -0.942. The van der Waals surface area contributed by atoms with Crippen LogP contribution in [-0.4, -0.2) is 16.8 Å². The largest absolute Gasteiger partial charge is 0.507 e. The number of Topliss-reactive ketones (excluding diaryl/α,β-unsaturated/α-hetero) is 1. The second-order valence-corrected chi connectivity index (χ2v) is 8.00. The smallest absolute Gasteiger partial charge is 0.300 e. The maximum Gasteiger partial charge on any atom is 0.300 e. The highest BCUT2D eigenvalue weighted by Crippen LogP contribution is 2.43. The fraction of sp³-hybridized carbons (Fsp3) is 0.0833. The van der Waals surface area contributed by atoms with Crippen molar-refractivity contribution in [3.05, 3.63) is 105 Å². The molecule has 1 saturated heterocycles. The van der Waals surface area contributed by atoms with E-state index >= 15 is 0 Å². The quantitative estimate of drug-likeness (QED) is 0.296. The predicted molar refractivity (Wildman–Crippen MR) is 119 cm³/mol. The molecule has 31 heavy (non-hydrogen) atoms. The van der Waals surface area contributed by atoms with Crippen LogP contribution in [0.25, 0.3) is 5.76 Å². The Labute approximate surface area is 188 Å². The van der Waals surface area contributed by atoms with Crippen molar-refractivity contribution in [2.45, 2.75) is 13.0 Å². The highest BCUT2D eigenvalue weighted by molar-refractivity contribution is 6.51. The second-order valence-electron chi connectivity index (χ2n) is 7.19. The molecule has 3 aromatic rings. The molecule has 0 aromatic heterocycles. The number of nitrogens with zero attached hydrogens (tertiary/aromatic N) is 1. The van der Waals surface area contributed by atoms with Gasteiger partial charge in [0.05, 0.1) is 21.7 Å². The van der Waals surface area contributed by atoms with E-state index < -0.39 is 29.3 Å². The number of rotatable bonds is 3. The van der Waals surface area contributed by atoms with E-state index in [2.05, 4.69) is 0 Å². The molecule has 3 aromatic carbocycles. The van der Waals surface area contributed by atoms with Gasteiger partial charge in [0.15, 0.2) is 0 Å². The number of anilines is 1. The summed E-state index contributed by atoms with van der Waals surface area (Å²) in [7, 11) is 0. The van der Waals surface area contributed by atoms with Gasteiger partial charge in [-0.2, -0.15) is 0 Å². The van der Waals surface area contributed by atoms with Crippen molar-refractivity contribution in [1.29, 1.82) is 0 Å². The van der Waals surface area contributed by atoms with E-state index in [9.17, 15) is 19.1 Å². The van der Waals surface area contributed by atoms with Crippen LogP contribution in [0.3, 0.4) is 0 Å². The summed E-state index contributed by atoms with van der Waals surface area (Å²) in [5, 5.41) is 11.5. The van der Waals surface area contributed by atoms with Crippen LogP contribution in [0.2, 0.25) is 10.0 Å². The number of carbonyl (C=O) groups excluding carboxylic acids is 2. The molecule has 1 heterocycles. The van der Waals surface area contributed by atoms with Crippen LogP contribution in [0.1, 0.15) is 22.7 Å². The number of benzene rings is 3. The number of carbonyl (C=O) groups is 2. The van der Waals surface area contributed by atoms with Crippen molar-refractivity contribution in [2.75, 3.05) is 4.90 Å². The summed E-state index contributed by atoms with van der Waals surface area (Å²) in [6.07, 6.45) is 0. The molecule has 0 bridgehead atoms. The molecule has 4 nitrogen and oxygen atoms in total. The van der Waals surface area contributed by atoms with Gasteiger partial charge in [-0.15, -0.1) is 0 Å². The first-order valence-electron chi connectivity index (χ1n) is 9.36. The van der Waals surface area contributed by atoms with Crippen LogP contribution in [0, 0.1) is 12.7 Å². The fourth-order valence-corrected chi connectivity index (χ4v) is 3.87. The Bertz CT molecular complexity index is 1220. The molecule has 0 radical (unpaired) electrons. The summed E-state index contributed by atoms with van der Waals surface area (Å²) in [5.41, 5.74) is 2.07. The zero-order valence-electron chi connectivity index (χ0n) is 16.3. The second kappa shape index (κ2) is 8.17. The summed E-state index contributed by atoms with van der Waals surface area (Å²) in [5.74, 6) is -2.52. The van der Waals surface area contributed by atoms with E-state index in [-0.39, 0.29) is 16.2 Å². The lowest BCUT2D eigenvalue weighted by atomic mass is 9.95. The summed E-state index contributed by atoms with van der Waals surface area (Å²) >= 11 is 12.2. The van der Waals surface area contributed by atoms with E-state index in [0.717, 1.165) is 5.56 Å². The molecule has 1 amide bonds. The maximum absolute atomic E-state index is 13.4. The topological polar surface area (TPSA) is 57.6 Å². The van der Waals surface area contributed by atoms with Gasteiger partial charge < -0.3 is 5.11 Å². The average Bonchev–Trinajstić information content (AvgIpc) is 3.01. The maximum atomic E-state index is 13.4. The normalized spacial score (nSPS) is 17.9. The summed E-state index contributed by atoms with van der Waals surface area (Å²) in [6, 6.07) is 15.9. The summed E-state index contributed by atoms with van der Waals surface area (Å²) in [4.78, 5) is 27.4. The Morgan fingerprint density at radius 1 is 0.935 bits per heavy atom. The standard InChI is InChI=1S/C24H16Cl2FNO3/c1-13-2-9-17(10-3-13)28-21(15-6-11-18(25)19(26)12-15)20(23(30)24(28)31)22(29)14-4-7-16(27)8-5-14/h2-12,21,29H,1H3/b22-20-. The molecule has 0 spiro atoms. The van der Waals surface area contributed by atoms with Gasteiger partial charge >= 0.3 is 0 Å². The van der Waals surface area contributed by atoms with E-state index in [1.54, 1.807) is 30.3 Å². The third kappa shape index (κ3) is 3.82. The predicted octanol–water partition coefficient (Wildman–Crippen LogP) is 6.07. The average molecular weight is 456 g/mol. The van der Waals surface area contributed by atoms with E-state index in [4.69, 9.17) is 23.2 Å². The third-order valence-corrected chi connectivity index (χ3v) is 5.87. The number of hydrogen-bond acceptors (Lipinski definition) is 3. The Morgan fingerprint density at radius 2 is 1.58 bits per heavy atom. The molecule has 1 N–H and O–H groups in total. The Hall–Kier alpha value is -3.15. The molecule has 4 rings (SSSR count). The molecule has 0 aliphatic carbocycles. The Kier molecular flexibility index (Phi) is 5.56. The third-order valence-electron chi connectivity index (χ3n) is 5.13. The van der Waals surface area contributed by atoms with E-state index in [0.29, 0.717) is 16.3 Å². The minimum absolute atomic E-state index is 0.115. The molecule has 1 unspecified atom stereocenters. The van der Waals surface area contributed by atoms with Crippen LogP contribution < -0.4 is 4.90 Å². The number of halogens is 3. The van der Waals surface area contributed by atoms with Gasteiger partial charge in [0.25, 0.3) is 11.7 Å². The van der Waals surface area contributed by atoms with Gasteiger partial charge in [0.2, 0.25) is 0 Å². The molecule has 156 valence electrons. The number of aliphatic hydroxyl groups excluding tert-OH is 1. The molecule has 1 aliphatic rings. The van der Waals surface area contributed by atoms with Gasteiger partial charge in [-0.3, -0.25) is 14.5 Å². The molecule has 1 aliphatic heterocycles. The summed E-state index contributed by atoms with van der Waals surface area (Å²) < 4.78 is 13.4. The number of aryl methyl sites for hydroxylation is 1. The molecular formula is C24H16Cl2FNO3. The van der Waals surface area contributed by atoms with Gasteiger partial charge in [-0.05, 0) is 61.0 Å². The van der Waals surface area contributed by atoms with Crippen LogP contribution in [0.15, 0.2) is 72.3 Å². The number of aliphatic hydroxyl groups is 1. The molecule has 1 fully saturated rings. The molecule has 7 heteroatoms. The lowest BCUT2D eigenvalue weighted by molar-refractivity contribution is -0.132. The van der Waals surface area contributed by atoms with Gasteiger partial charge in [0.1, 0.15) is 11.6 Å². The number of ketones is 1. The van der Waals surface area contributed by atoms with Gasteiger partial charge in [-0.1, -0.05) is 47.0 Å². The Balaban J connectivity index is 1.95. The van der Waals surface area contributed by atoms with Crippen molar-refractivity contribution in [3.63, 3.8) is 0 Å². The van der Waals surface area contributed by atoms with Crippen molar-refractivity contribution < 1.29 is 19.1 Å². The van der Waals surface area contributed by atoms with Crippen LogP contribution in [-0.2, 0) is 9.59 Å². The number of hydrogen-bond donors (Lipinski definition) is 1. The lowest BCUT2D eigenvalue weighted by Crippen LogP contribution is -2.29.